The van der Waals surface area contributed by atoms with Crippen molar-refractivity contribution in [2.75, 3.05) is 30.8 Å². The summed E-state index contributed by atoms with van der Waals surface area (Å²) >= 11 is 3.30. The zero-order valence-electron chi connectivity index (χ0n) is 7.24. The van der Waals surface area contributed by atoms with E-state index in [4.69, 9.17) is 10.8 Å². The number of anilines is 2. The molecule has 0 radical (unpaired) electrons. The van der Waals surface area contributed by atoms with Crippen LogP contribution in [-0.4, -0.2) is 35.3 Å². The van der Waals surface area contributed by atoms with Gasteiger partial charge in [-0.3, -0.25) is 0 Å². The van der Waals surface area contributed by atoms with Crippen LogP contribution in [0.25, 0.3) is 0 Å². The Balaban J connectivity index is 2.91. The standard InChI is InChI=1S/C7H11BrN4O/c1-12(2-3-13)6-5(8)4-10-7(9)11-6/h4,13H,2-3H2,1H3,(H2,9,10,11). The average molecular weight is 247 g/mol. The van der Waals surface area contributed by atoms with E-state index in [-0.39, 0.29) is 12.6 Å². The number of halogens is 1. The van der Waals surface area contributed by atoms with Gasteiger partial charge in [-0.05, 0) is 15.9 Å². The second-order valence-corrected chi connectivity index (χ2v) is 3.40. The maximum absolute atomic E-state index is 8.73. The summed E-state index contributed by atoms with van der Waals surface area (Å²) in [7, 11) is 1.82. The molecule has 0 aromatic carbocycles. The highest BCUT2D eigenvalue weighted by molar-refractivity contribution is 9.10. The highest BCUT2D eigenvalue weighted by Gasteiger charge is 2.07. The van der Waals surface area contributed by atoms with Gasteiger partial charge in [0.1, 0.15) is 5.82 Å². The predicted molar refractivity (Wildman–Crippen MR) is 54.5 cm³/mol. The van der Waals surface area contributed by atoms with Crippen LogP contribution < -0.4 is 10.6 Å². The lowest BCUT2D eigenvalue weighted by atomic mass is 10.5. The minimum atomic E-state index is 0.0762. The van der Waals surface area contributed by atoms with Crippen LogP contribution in [0.3, 0.4) is 0 Å². The van der Waals surface area contributed by atoms with Crippen molar-refractivity contribution in [1.29, 1.82) is 0 Å². The van der Waals surface area contributed by atoms with Gasteiger partial charge in [0.05, 0.1) is 11.1 Å². The van der Waals surface area contributed by atoms with E-state index < -0.39 is 0 Å². The lowest BCUT2D eigenvalue weighted by Crippen LogP contribution is -2.23. The highest BCUT2D eigenvalue weighted by atomic mass is 79.9. The summed E-state index contributed by atoms with van der Waals surface area (Å²) < 4.78 is 0.762. The number of likely N-dealkylation sites (N-methyl/N-ethyl adjacent to an activating group) is 1. The van der Waals surface area contributed by atoms with Gasteiger partial charge < -0.3 is 15.7 Å². The average Bonchev–Trinajstić information content (AvgIpc) is 2.09. The number of nitrogens with two attached hydrogens (primary N) is 1. The third-order valence-corrected chi connectivity index (χ3v) is 2.10. The molecule has 6 heteroatoms. The zero-order chi connectivity index (χ0) is 9.84. The molecular formula is C7H11BrN4O. The van der Waals surface area contributed by atoms with Crippen molar-refractivity contribution in [2.45, 2.75) is 0 Å². The molecule has 13 heavy (non-hydrogen) atoms. The van der Waals surface area contributed by atoms with E-state index in [0.29, 0.717) is 12.4 Å². The van der Waals surface area contributed by atoms with Gasteiger partial charge >= 0.3 is 0 Å². The van der Waals surface area contributed by atoms with Gasteiger partial charge in [0.2, 0.25) is 5.95 Å². The maximum atomic E-state index is 8.73. The van der Waals surface area contributed by atoms with Gasteiger partial charge in [-0.1, -0.05) is 0 Å². The summed E-state index contributed by atoms with van der Waals surface area (Å²) in [6.07, 6.45) is 1.59. The van der Waals surface area contributed by atoms with E-state index in [0.717, 1.165) is 4.47 Å². The van der Waals surface area contributed by atoms with E-state index in [1.54, 1.807) is 11.1 Å². The van der Waals surface area contributed by atoms with Crippen molar-refractivity contribution < 1.29 is 5.11 Å². The highest BCUT2D eigenvalue weighted by Crippen LogP contribution is 2.21. The van der Waals surface area contributed by atoms with E-state index in [2.05, 4.69) is 25.9 Å². The molecular weight excluding hydrogens is 236 g/mol. The first kappa shape index (κ1) is 10.2. The second kappa shape index (κ2) is 4.38. The number of hydrogen-bond donors (Lipinski definition) is 2. The Morgan fingerprint density at radius 1 is 1.69 bits per heavy atom. The van der Waals surface area contributed by atoms with Crippen LogP contribution in [0.15, 0.2) is 10.7 Å². The van der Waals surface area contributed by atoms with Crippen molar-refractivity contribution in [3.8, 4) is 0 Å². The topological polar surface area (TPSA) is 75.3 Å². The molecule has 0 amide bonds. The largest absolute Gasteiger partial charge is 0.395 e. The van der Waals surface area contributed by atoms with Crippen molar-refractivity contribution in [3.63, 3.8) is 0 Å². The minimum Gasteiger partial charge on any atom is -0.395 e. The number of hydrogen-bond acceptors (Lipinski definition) is 5. The van der Waals surface area contributed by atoms with E-state index in [9.17, 15) is 0 Å². The van der Waals surface area contributed by atoms with Crippen molar-refractivity contribution in [1.82, 2.24) is 9.97 Å². The van der Waals surface area contributed by atoms with Crippen LogP contribution in [0, 0.1) is 0 Å². The quantitative estimate of drug-likeness (QED) is 0.800. The molecule has 1 rings (SSSR count). The first-order valence-corrected chi connectivity index (χ1v) is 4.54. The summed E-state index contributed by atoms with van der Waals surface area (Å²) in [5.41, 5.74) is 5.43. The Hall–Kier alpha value is -0.880. The molecule has 1 aromatic rings. The summed E-state index contributed by atoms with van der Waals surface area (Å²) in [6.45, 7) is 0.585. The molecule has 72 valence electrons. The number of aliphatic hydroxyl groups is 1. The molecule has 0 saturated heterocycles. The van der Waals surface area contributed by atoms with Gasteiger partial charge in [0.25, 0.3) is 0 Å². The molecule has 1 aromatic heterocycles. The SMILES string of the molecule is CN(CCO)c1nc(N)ncc1Br. The smallest absolute Gasteiger partial charge is 0.222 e. The third-order valence-electron chi connectivity index (χ3n) is 1.54. The van der Waals surface area contributed by atoms with Gasteiger partial charge in [0, 0.05) is 19.8 Å². The van der Waals surface area contributed by atoms with Gasteiger partial charge in [-0.25, -0.2) is 4.98 Å². The maximum Gasteiger partial charge on any atom is 0.222 e. The van der Waals surface area contributed by atoms with Gasteiger partial charge in [-0.2, -0.15) is 4.98 Å². The van der Waals surface area contributed by atoms with Crippen LogP contribution in [0.4, 0.5) is 11.8 Å². The Labute approximate surface area is 84.7 Å². The normalized spacial score (nSPS) is 10.1. The molecule has 0 aliphatic heterocycles. The van der Waals surface area contributed by atoms with Gasteiger partial charge in [0.15, 0.2) is 0 Å². The van der Waals surface area contributed by atoms with Crippen LogP contribution in [-0.2, 0) is 0 Å². The van der Waals surface area contributed by atoms with E-state index >= 15 is 0 Å². The molecule has 0 bridgehead atoms. The summed E-state index contributed by atoms with van der Waals surface area (Å²) in [6, 6.07) is 0. The van der Waals surface area contributed by atoms with Crippen LogP contribution in [0.1, 0.15) is 0 Å². The van der Waals surface area contributed by atoms with Crippen molar-refractivity contribution >= 4 is 27.7 Å². The summed E-state index contributed by atoms with van der Waals surface area (Å²) in [5, 5.41) is 8.73. The van der Waals surface area contributed by atoms with Crippen molar-refractivity contribution in [2.24, 2.45) is 0 Å². The molecule has 5 nitrogen and oxygen atoms in total. The number of aliphatic hydroxyl groups excluding tert-OH is 1. The molecule has 0 aliphatic rings. The number of rotatable bonds is 3. The third kappa shape index (κ3) is 2.53. The zero-order valence-corrected chi connectivity index (χ0v) is 8.82. The van der Waals surface area contributed by atoms with Crippen LogP contribution >= 0.6 is 15.9 Å². The second-order valence-electron chi connectivity index (χ2n) is 2.54. The molecule has 0 saturated carbocycles. The monoisotopic (exact) mass is 246 g/mol. The Morgan fingerprint density at radius 2 is 2.38 bits per heavy atom. The van der Waals surface area contributed by atoms with Crippen molar-refractivity contribution in [3.05, 3.63) is 10.7 Å². The van der Waals surface area contributed by atoms with Crippen LogP contribution in [0.5, 0.6) is 0 Å². The summed E-state index contributed by atoms with van der Waals surface area (Å²) in [5.74, 6) is 0.907. The lowest BCUT2D eigenvalue weighted by molar-refractivity contribution is 0.304. The molecule has 3 N–H and O–H groups in total. The fourth-order valence-corrected chi connectivity index (χ4v) is 1.39. The first-order chi connectivity index (χ1) is 6.15. The Morgan fingerprint density at radius 3 is 3.00 bits per heavy atom. The Bertz CT molecular complexity index is 294. The molecule has 0 aliphatic carbocycles. The van der Waals surface area contributed by atoms with E-state index in [1.165, 1.54) is 0 Å². The number of nitrogens with zero attached hydrogens (tertiary/aromatic N) is 3. The molecule has 0 fully saturated rings. The predicted octanol–water partition coefficient (Wildman–Crippen LogP) is 0.250. The van der Waals surface area contributed by atoms with E-state index in [1.807, 2.05) is 7.05 Å². The summed E-state index contributed by atoms with van der Waals surface area (Å²) in [4.78, 5) is 9.63. The molecule has 0 unspecified atom stereocenters. The first-order valence-electron chi connectivity index (χ1n) is 3.75. The minimum absolute atomic E-state index is 0.0762. The number of nitrogen functional groups attached to an aromatic ring is 1. The van der Waals surface area contributed by atoms with Crippen LogP contribution in [0.2, 0.25) is 0 Å². The Kier molecular flexibility index (Phi) is 3.44. The fraction of sp³-hybridized carbons (Fsp3) is 0.429. The van der Waals surface area contributed by atoms with Gasteiger partial charge in [-0.15, -0.1) is 0 Å². The number of aromatic nitrogens is 2. The molecule has 0 spiro atoms. The fourth-order valence-electron chi connectivity index (χ4n) is 0.895. The molecule has 1 heterocycles. The molecule has 0 atom stereocenters. The lowest BCUT2D eigenvalue weighted by Gasteiger charge is -2.17.